The summed E-state index contributed by atoms with van der Waals surface area (Å²) >= 11 is 0. The summed E-state index contributed by atoms with van der Waals surface area (Å²) in [6, 6.07) is 10.2. The molecular formula is C18H22N2O4. The van der Waals surface area contributed by atoms with Crippen molar-refractivity contribution in [2.24, 2.45) is 0 Å². The fraction of sp³-hybridized carbons (Fsp3) is 0.333. The fourth-order valence-corrected chi connectivity index (χ4v) is 2.36. The van der Waals surface area contributed by atoms with Crippen LogP contribution in [-0.2, 0) is 6.54 Å². The Bertz CT molecular complexity index is 751. The Balaban J connectivity index is 1.94. The molecule has 0 saturated heterocycles. The minimum Gasteiger partial charge on any atom is -0.496 e. The Hall–Kier alpha value is -2.76. The summed E-state index contributed by atoms with van der Waals surface area (Å²) in [4.78, 5) is 24.1. The highest BCUT2D eigenvalue weighted by Crippen LogP contribution is 2.12. The van der Waals surface area contributed by atoms with Crippen molar-refractivity contribution in [3.8, 4) is 11.5 Å². The van der Waals surface area contributed by atoms with Gasteiger partial charge in [0.05, 0.1) is 13.7 Å². The maximum absolute atomic E-state index is 12.1. The van der Waals surface area contributed by atoms with Gasteiger partial charge in [0.2, 0.25) is 0 Å². The van der Waals surface area contributed by atoms with Gasteiger partial charge in [0.25, 0.3) is 11.5 Å². The minimum atomic E-state index is -0.183. The zero-order valence-corrected chi connectivity index (χ0v) is 14.2. The molecule has 0 aliphatic heterocycles. The van der Waals surface area contributed by atoms with Gasteiger partial charge in [-0.25, -0.2) is 0 Å². The van der Waals surface area contributed by atoms with Crippen LogP contribution in [0.15, 0.2) is 41.2 Å². The van der Waals surface area contributed by atoms with Crippen LogP contribution in [0.4, 0.5) is 0 Å². The molecular weight excluding hydrogens is 308 g/mol. The highest BCUT2D eigenvalue weighted by Gasteiger charge is 2.07. The van der Waals surface area contributed by atoms with Gasteiger partial charge in [-0.05, 0) is 44.2 Å². The van der Waals surface area contributed by atoms with Crippen LogP contribution in [0.2, 0.25) is 0 Å². The van der Waals surface area contributed by atoms with Crippen molar-refractivity contribution in [3.05, 3.63) is 58.0 Å². The summed E-state index contributed by atoms with van der Waals surface area (Å²) in [7, 11) is 1.52. The number of carbonyl (C=O) groups excluding carboxylic acids is 1. The predicted molar refractivity (Wildman–Crippen MR) is 91.9 cm³/mol. The number of hydrogen-bond acceptors (Lipinski definition) is 4. The van der Waals surface area contributed by atoms with E-state index in [-0.39, 0.29) is 11.5 Å². The van der Waals surface area contributed by atoms with Crippen LogP contribution in [0, 0.1) is 6.92 Å². The van der Waals surface area contributed by atoms with Crippen LogP contribution < -0.4 is 20.3 Å². The number of ether oxygens (including phenoxy) is 2. The molecule has 6 heteroatoms. The van der Waals surface area contributed by atoms with E-state index in [1.807, 2.05) is 13.8 Å². The van der Waals surface area contributed by atoms with Crippen LogP contribution in [-0.4, -0.2) is 30.7 Å². The van der Waals surface area contributed by atoms with Gasteiger partial charge >= 0.3 is 0 Å². The lowest BCUT2D eigenvalue weighted by Gasteiger charge is -2.12. The van der Waals surface area contributed by atoms with Crippen LogP contribution in [0.3, 0.4) is 0 Å². The summed E-state index contributed by atoms with van der Waals surface area (Å²) in [6.45, 7) is 5.08. The van der Waals surface area contributed by atoms with E-state index < -0.39 is 0 Å². The molecule has 0 bridgehead atoms. The van der Waals surface area contributed by atoms with Crippen molar-refractivity contribution >= 4 is 5.91 Å². The number of amides is 1. The Morgan fingerprint density at radius 1 is 1.17 bits per heavy atom. The summed E-state index contributed by atoms with van der Waals surface area (Å²) < 4.78 is 12.0. The third-order valence-corrected chi connectivity index (χ3v) is 3.59. The minimum absolute atomic E-state index is 0.151. The van der Waals surface area contributed by atoms with E-state index in [9.17, 15) is 9.59 Å². The van der Waals surface area contributed by atoms with Gasteiger partial charge in [0.15, 0.2) is 0 Å². The van der Waals surface area contributed by atoms with Crippen molar-refractivity contribution in [1.29, 1.82) is 0 Å². The van der Waals surface area contributed by atoms with Gasteiger partial charge in [-0.1, -0.05) is 0 Å². The Morgan fingerprint density at radius 3 is 2.46 bits per heavy atom. The Labute approximate surface area is 141 Å². The number of benzene rings is 1. The molecule has 1 N–H and O–H groups in total. The van der Waals surface area contributed by atoms with E-state index in [4.69, 9.17) is 9.47 Å². The second kappa shape index (κ2) is 8.19. The number of nitrogens with zero attached hydrogens (tertiary/aromatic N) is 1. The van der Waals surface area contributed by atoms with E-state index in [2.05, 4.69) is 5.32 Å². The monoisotopic (exact) mass is 330 g/mol. The number of hydrogen-bond donors (Lipinski definition) is 1. The van der Waals surface area contributed by atoms with Crippen molar-refractivity contribution < 1.29 is 14.3 Å². The third-order valence-electron chi connectivity index (χ3n) is 3.59. The van der Waals surface area contributed by atoms with Gasteiger partial charge in [0, 0.05) is 30.4 Å². The second-order valence-electron chi connectivity index (χ2n) is 5.24. The molecule has 1 aromatic carbocycles. The average Bonchev–Trinajstić information content (AvgIpc) is 2.57. The van der Waals surface area contributed by atoms with Gasteiger partial charge in [0.1, 0.15) is 11.5 Å². The number of pyridine rings is 1. The van der Waals surface area contributed by atoms with Crippen LogP contribution in [0.5, 0.6) is 11.5 Å². The summed E-state index contributed by atoms with van der Waals surface area (Å²) in [5, 5.41) is 2.81. The first-order chi connectivity index (χ1) is 11.5. The molecule has 0 aliphatic carbocycles. The highest BCUT2D eigenvalue weighted by molar-refractivity contribution is 5.94. The predicted octanol–water partition coefficient (Wildman–Crippen LogP) is 1.99. The number of methoxy groups -OCH3 is 1. The lowest BCUT2D eigenvalue weighted by molar-refractivity contribution is 0.0952. The first-order valence-electron chi connectivity index (χ1n) is 7.81. The molecule has 24 heavy (non-hydrogen) atoms. The van der Waals surface area contributed by atoms with Crippen molar-refractivity contribution in [3.63, 3.8) is 0 Å². The summed E-state index contributed by atoms with van der Waals surface area (Å²) in [5.74, 6) is 1.08. The number of carbonyl (C=O) groups is 1. The van der Waals surface area contributed by atoms with Gasteiger partial charge in [-0.15, -0.1) is 0 Å². The average molecular weight is 330 g/mol. The quantitative estimate of drug-likeness (QED) is 0.843. The number of nitrogens with one attached hydrogen (secondary N) is 1. The largest absolute Gasteiger partial charge is 0.496 e. The van der Waals surface area contributed by atoms with Gasteiger partial charge < -0.3 is 19.4 Å². The molecule has 1 amide bonds. The van der Waals surface area contributed by atoms with Crippen molar-refractivity contribution in [1.82, 2.24) is 9.88 Å². The zero-order chi connectivity index (χ0) is 17.5. The van der Waals surface area contributed by atoms with E-state index in [0.717, 1.165) is 11.4 Å². The van der Waals surface area contributed by atoms with Crippen molar-refractivity contribution in [2.45, 2.75) is 20.4 Å². The smallest absolute Gasteiger partial charge is 0.254 e. The van der Waals surface area contributed by atoms with Crippen molar-refractivity contribution in [2.75, 3.05) is 20.3 Å². The van der Waals surface area contributed by atoms with E-state index in [1.54, 1.807) is 34.9 Å². The maximum Gasteiger partial charge on any atom is 0.254 e. The molecule has 1 heterocycles. The molecule has 0 radical (unpaired) electrons. The molecule has 6 nitrogen and oxygen atoms in total. The zero-order valence-electron chi connectivity index (χ0n) is 14.2. The lowest BCUT2D eigenvalue weighted by atomic mass is 10.2. The molecule has 0 saturated carbocycles. The first kappa shape index (κ1) is 17.6. The molecule has 128 valence electrons. The van der Waals surface area contributed by atoms with Crippen LogP contribution >= 0.6 is 0 Å². The van der Waals surface area contributed by atoms with Gasteiger partial charge in [-0.2, -0.15) is 0 Å². The Morgan fingerprint density at radius 2 is 1.88 bits per heavy atom. The van der Waals surface area contributed by atoms with E-state index in [0.29, 0.717) is 31.0 Å². The number of aryl methyl sites for hydroxylation is 1. The van der Waals surface area contributed by atoms with Crippen LogP contribution in [0.25, 0.3) is 0 Å². The number of rotatable bonds is 7. The molecule has 0 spiro atoms. The molecule has 2 aromatic rings. The topological polar surface area (TPSA) is 69.6 Å². The normalized spacial score (nSPS) is 10.3. The molecule has 0 unspecified atom stereocenters. The standard InChI is InChI=1S/C18H22N2O4/c1-4-24-15-7-5-14(6-8-15)18(22)19-9-10-20-13(2)11-16(23-3)12-17(20)21/h5-8,11-12H,4,9-10H2,1-3H3,(H,19,22). The SMILES string of the molecule is CCOc1ccc(C(=O)NCCn2c(C)cc(OC)cc2=O)cc1. The maximum atomic E-state index is 12.1. The molecule has 0 fully saturated rings. The van der Waals surface area contributed by atoms with Gasteiger partial charge in [-0.3, -0.25) is 9.59 Å². The third kappa shape index (κ3) is 4.38. The number of aromatic nitrogens is 1. The Kier molecular flexibility index (Phi) is 6.01. The molecule has 0 aliphatic rings. The fourth-order valence-electron chi connectivity index (χ4n) is 2.36. The highest BCUT2D eigenvalue weighted by atomic mass is 16.5. The molecule has 0 atom stereocenters. The second-order valence-corrected chi connectivity index (χ2v) is 5.24. The van der Waals surface area contributed by atoms with E-state index >= 15 is 0 Å². The summed E-state index contributed by atoms with van der Waals surface area (Å²) in [5.41, 5.74) is 1.19. The molecule has 1 aromatic heterocycles. The lowest BCUT2D eigenvalue weighted by Crippen LogP contribution is -2.31. The van der Waals surface area contributed by atoms with E-state index in [1.165, 1.54) is 13.2 Å². The molecule has 2 rings (SSSR count). The first-order valence-corrected chi connectivity index (χ1v) is 7.81. The summed E-state index contributed by atoms with van der Waals surface area (Å²) in [6.07, 6.45) is 0. The van der Waals surface area contributed by atoms with Crippen LogP contribution in [0.1, 0.15) is 23.0 Å².